The summed E-state index contributed by atoms with van der Waals surface area (Å²) in [5.74, 6) is -0.534. The molecule has 6 nitrogen and oxygen atoms in total. The second-order valence-corrected chi connectivity index (χ2v) is 6.40. The van der Waals surface area contributed by atoms with Crippen molar-refractivity contribution in [2.75, 3.05) is 0 Å². The molecule has 0 aliphatic heterocycles. The number of halogens is 3. The molecule has 0 saturated carbocycles. The summed E-state index contributed by atoms with van der Waals surface area (Å²) in [4.78, 5) is 0. The highest BCUT2D eigenvalue weighted by Crippen LogP contribution is 2.30. The zero-order valence-corrected chi connectivity index (χ0v) is 13.2. The first-order chi connectivity index (χ1) is 11.8. The summed E-state index contributed by atoms with van der Waals surface area (Å²) in [6.07, 6.45) is 1.04. The van der Waals surface area contributed by atoms with E-state index in [1.54, 1.807) is 30.3 Å². The van der Waals surface area contributed by atoms with Crippen LogP contribution in [-0.4, -0.2) is 28.9 Å². The molecular formula is C15H10F3N3O3S. The maximum absolute atomic E-state index is 12.7. The molecule has 0 amide bonds. The van der Waals surface area contributed by atoms with Crippen LogP contribution in [0, 0.1) is 0 Å². The van der Waals surface area contributed by atoms with Crippen molar-refractivity contribution in [3.05, 3.63) is 60.2 Å². The Morgan fingerprint density at radius 1 is 1.04 bits per heavy atom. The van der Waals surface area contributed by atoms with E-state index in [0.29, 0.717) is 11.0 Å². The van der Waals surface area contributed by atoms with E-state index in [9.17, 15) is 21.6 Å². The molecule has 1 aromatic heterocycles. The van der Waals surface area contributed by atoms with Gasteiger partial charge in [-0.05, 0) is 12.1 Å². The monoisotopic (exact) mass is 369 g/mol. The number of nitrogens with zero attached hydrogens (tertiary/aromatic N) is 3. The zero-order valence-electron chi connectivity index (χ0n) is 12.4. The van der Waals surface area contributed by atoms with Crippen molar-refractivity contribution in [3.63, 3.8) is 0 Å². The van der Waals surface area contributed by atoms with Gasteiger partial charge in [0.05, 0.1) is 11.7 Å². The van der Waals surface area contributed by atoms with Gasteiger partial charge in [-0.3, -0.25) is 0 Å². The summed E-state index contributed by atoms with van der Waals surface area (Å²) < 4.78 is 66.3. The highest BCUT2D eigenvalue weighted by atomic mass is 32.2. The average Bonchev–Trinajstić information content (AvgIpc) is 2.97. The van der Waals surface area contributed by atoms with E-state index in [1.165, 1.54) is 24.3 Å². The lowest BCUT2D eigenvalue weighted by atomic mass is 10.2. The predicted octanol–water partition coefficient (Wildman–Crippen LogP) is 3.25. The molecule has 3 rings (SSSR count). The number of hydrogen-bond acceptors (Lipinski definition) is 5. The van der Waals surface area contributed by atoms with Crippen molar-refractivity contribution in [1.29, 1.82) is 0 Å². The number of aromatic nitrogens is 3. The third-order valence-corrected chi connectivity index (χ3v) is 4.12. The van der Waals surface area contributed by atoms with Crippen LogP contribution in [0.15, 0.2) is 54.6 Å². The smallest absolute Gasteiger partial charge is 0.374 e. The van der Waals surface area contributed by atoms with E-state index < -0.39 is 21.4 Å². The molecule has 130 valence electrons. The van der Waals surface area contributed by atoms with Crippen molar-refractivity contribution in [1.82, 2.24) is 15.0 Å². The first-order valence-electron chi connectivity index (χ1n) is 6.86. The van der Waals surface area contributed by atoms with Crippen molar-refractivity contribution < 1.29 is 25.8 Å². The molecule has 0 bridgehead atoms. The Balaban J connectivity index is 2.12. The number of fused-ring (bicyclic) bond motifs is 1. The molecule has 0 saturated heterocycles. The summed E-state index contributed by atoms with van der Waals surface area (Å²) in [6.45, 7) is 0. The van der Waals surface area contributed by atoms with Gasteiger partial charge in [0, 0.05) is 5.56 Å². The van der Waals surface area contributed by atoms with Gasteiger partial charge in [0.25, 0.3) is 0 Å². The van der Waals surface area contributed by atoms with E-state index in [2.05, 4.69) is 14.5 Å². The molecule has 0 radical (unpaired) electrons. The van der Waals surface area contributed by atoms with E-state index in [1.807, 2.05) is 0 Å². The summed E-state index contributed by atoms with van der Waals surface area (Å²) in [7, 11) is -5.83. The Morgan fingerprint density at radius 3 is 2.36 bits per heavy atom. The Kier molecular flexibility index (Phi) is 4.21. The molecule has 2 aromatic carbocycles. The van der Waals surface area contributed by atoms with Gasteiger partial charge < -0.3 is 4.18 Å². The van der Waals surface area contributed by atoms with Gasteiger partial charge in [-0.15, -0.1) is 5.10 Å². The Bertz CT molecular complexity index is 1030. The van der Waals surface area contributed by atoms with Crippen molar-refractivity contribution in [2.45, 2.75) is 5.51 Å². The molecule has 0 N–H and O–H groups in total. The minimum Gasteiger partial charge on any atom is -0.374 e. The summed E-state index contributed by atoms with van der Waals surface area (Å²) in [6, 6.07) is 14.2. The van der Waals surface area contributed by atoms with Gasteiger partial charge in [-0.25, -0.2) is 4.68 Å². The summed E-state index contributed by atoms with van der Waals surface area (Å²) in [5.41, 5.74) is -4.45. The maximum atomic E-state index is 12.7. The molecular weight excluding hydrogens is 359 g/mol. The van der Waals surface area contributed by atoms with Crippen LogP contribution in [0.1, 0.15) is 5.56 Å². The number of para-hydroxylation sites is 1. The van der Waals surface area contributed by atoms with Gasteiger partial charge in [0.1, 0.15) is 5.52 Å². The number of benzene rings is 2. The number of rotatable bonds is 4. The quantitative estimate of drug-likeness (QED) is 0.401. The average molecular weight is 369 g/mol. The molecule has 0 aliphatic carbocycles. The Hall–Kier alpha value is -2.88. The lowest BCUT2D eigenvalue weighted by Crippen LogP contribution is -2.25. The van der Waals surface area contributed by atoms with Crippen LogP contribution in [0.3, 0.4) is 0 Å². The van der Waals surface area contributed by atoms with E-state index in [-0.39, 0.29) is 5.56 Å². The molecule has 0 spiro atoms. The van der Waals surface area contributed by atoms with Crippen molar-refractivity contribution in [3.8, 4) is 0 Å². The van der Waals surface area contributed by atoms with E-state index in [4.69, 9.17) is 0 Å². The van der Waals surface area contributed by atoms with Crippen LogP contribution < -0.4 is 0 Å². The Labute approximate surface area is 140 Å². The normalized spacial score (nSPS) is 13.2. The molecule has 0 atom stereocenters. The van der Waals surface area contributed by atoms with Crippen molar-refractivity contribution in [2.24, 2.45) is 0 Å². The van der Waals surface area contributed by atoms with Crippen LogP contribution in [0.4, 0.5) is 13.2 Å². The van der Waals surface area contributed by atoms with Crippen LogP contribution in [0.2, 0.25) is 0 Å². The number of hydrogen-bond donors (Lipinski definition) is 0. The highest BCUT2D eigenvalue weighted by Gasteiger charge is 2.49. The largest absolute Gasteiger partial charge is 0.534 e. The van der Waals surface area contributed by atoms with Crippen molar-refractivity contribution >= 4 is 33.1 Å². The second-order valence-electron chi connectivity index (χ2n) is 4.87. The summed E-state index contributed by atoms with van der Waals surface area (Å²) in [5, 5.41) is 7.64. The molecule has 0 fully saturated rings. The van der Waals surface area contributed by atoms with E-state index in [0.717, 1.165) is 10.9 Å². The van der Waals surface area contributed by atoms with Gasteiger partial charge in [0.2, 0.25) is 0 Å². The van der Waals surface area contributed by atoms with Gasteiger partial charge in [-0.2, -0.15) is 21.6 Å². The fraction of sp³-hybridized carbons (Fsp3) is 0.0667. The first kappa shape index (κ1) is 17.0. The minimum atomic E-state index is -5.83. The maximum Gasteiger partial charge on any atom is 0.534 e. The molecule has 0 aliphatic rings. The number of alkyl halides is 3. The lowest BCUT2D eigenvalue weighted by molar-refractivity contribution is -0.0509. The molecule has 10 heteroatoms. The Morgan fingerprint density at radius 2 is 1.68 bits per heavy atom. The zero-order chi connectivity index (χ0) is 18.1. The molecule has 1 heterocycles. The minimum absolute atomic E-state index is 0.134. The standard InChI is InChI=1S/C15H10F3N3O3S/c16-15(17,18)25(22,23)24-14(11-6-2-1-3-7-11)10-21-13-9-5-4-8-12(13)19-20-21/h1-10H/b14-10-. The second kappa shape index (κ2) is 6.20. The van der Waals surface area contributed by atoms with Gasteiger partial charge in [0.15, 0.2) is 5.76 Å². The van der Waals surface area contributed by atoms with Gasteiger partial charge in [-0.1, -0.05) is 47.7 Å². The van der Waals surface area contributed by atoms with Gasteiger partial charge >= 0.3 is 15.6 Å². The molecule has 25 heavy (non-hydrogen) atoms. The molecule has 3 aromatic rings. The third kappa shape index (κ3) is 3.48. The topological polar surface area (TPSA) is 74.1 Å². The fourth-order valence-electron chi connectivity index (χ4n) is 2.01. The SMILES string of the molecule is O=S(=O)(O/C(=C\n1nnc2ccccc21)c1ccccc1)C(F)(F)F. The summed E-state index contributed by atoms with van der Waals surface area (Å²) >= 11 is 0. The third-order valence-electron chi connectivity index (χ3n) is 3.16. The van der Waals surface area contributed by atoms with Crippen LogP contribution in [0.25, 0.3) is 23.0 Å². The van der Waals surface area contributed by atoms with Crippen LogP contribution in [-0.2, 0) is 14.3 Å². The highest BCUT2D eigenvalue weighted by molar-refractivity contribution is 7.87. The molecule has 0 unspecified atom stereocenters. The lowest BCUT2D eigenvalue weighted by Gasteiger charge is -2.12. The van der Waals surface area contributed by atoms with E-state index >= 15 is 0 Å². The fourth-order valence-corrected chi connectivity index (χ4v) is 2.48. The van der Waals surface area contributed by atoms with Crippen LogP contribution in [0.5, 0.6) is 0 Å². The van der Waals surface area contributed by atoms with Crippen LogP contribution >= 0.6 is 0 Å². The first-order valence-corrected chi connectivity index (χ1v) is 8.27. The predicted molar refractivity (Wildman–Crippen MR) is 84.2 cm³/mol.